The fourth-order valence-corrected chi connectivity index (χ4v) is 0.489. The fraction of sp³-hybridized carbons (Fsp3) is 0.500. The third-order valence-corrected chi connectivity index (χ3v) is 1.38. The Hall–Kier alpha value is -2.20. The van der Waals surface area contributed by atoms with Gasteiger partial charge in [0.25, 0.3) is 0 Å². The molecule has 0 radical (unpaired) electrons. The van der Waals surface area contributed by atoms with E-state index < -0.39 is 36.1 Å². The van der Waals surface area contributed by atoms with E-state index in [-0.39, 0.29) is 12.8 Å². The number of aliphatic hydroxyl groups excluding tert-OH is 2. The average Bonchev–Trinajstić information content (AvgIpc) is 2.24. The molecule has 0 bridgehead atoms. The minimum absolute atomic E-state index is 0.245. The quantitative estimate of drug-likeness (QED) is 0.288. The van der Waals surface area contributed by atoms with E-state index in [0.717, 1.165) is 0 Å². The Morgan fingerprint density at radius 2 is 1.17 bits per heavy atom. The van der Waals surface area contributed by atoms with Crippen molar-refractivity contribution in [3.05, 3.63) is 0 Å². The van der Waals surface area contributed by atoms with E-state index in [2.05, 4.69) is 0 Å². The molecular formula is C8H12O10. The van der Waals surface area contributed by atoms with Crippen LogP contribution in [0.2, 0.25) is 0 Å². The topological polar surface area (TPSA) is 190 Å². The van der Waals surface area contributed by atoms with Gasteiger partial charge in [-0.25, -0.2) is 14.4 Å². The molecule has 0 aromatic carbocycles. The van der Waals surface area contributed by atoms with Gasteiger partial charge in [-0.1, -0.05) is 0 Å². The van der Waals surface area contributed by atoms with Gasteiger partial charge >= 0.3 is 23.9 Å². The number of hydrogen-bond donors (Lipinski definition) is 6. The van der Waals surface area contributed by atoms with Crippen LogP contribution in [0, 0.1) is 0 Å². The minimum Gasteiger partial charge on any atom is -0.481 e. The second-order valence-electron chi connectivity index (χ2n) is 2.87. The molecule has 0 aromatic rings. The summed E-state index contributed by atoms with van der Waals surface area (Å²) in [6.45, 7) is 0. The largest absolute Gasteiger partial charge is 0.481 e. The standard InChI is InChI=1S/C5H8O5.C3H4O5/c6-3(5(9)10)1-2-4(7)8;4-1(2(5)6)3(7)8/h3,6H,1-2H2,(H,7,8)(H,9,10);1,4H,(H,5,6)(H,7,8). The minimum atomic E-state index is -2.30. The average molecular weight is 268 g/mol. The molecule has 0 aromatic heterocycles. The molecule has 10 heteroatoms. The molecule has 6 N–H and O–H groups in total. The van der Waals surface area contributed by atoms with Crippen molar-refractivity contribution in [3.63, 3.8) is 0 Å². The molecule has 0 aliphatic rings. The van der Waals surface area contributed by atoms with E-state index in [1.165, 1.54) is 0 Å². The Morgan fingerprint density at radius 3 is 1.33 bits per heavy atom. The van der Waals surface area contributed by atoms with Crippen molar-refractivity contribution < 1.29 is 49.8 Å². The Bertz CT molecular complexity index is 308. The molecule has 0 amide bonds. The maximum absolute atomic E-state index is 9.87. The smallest absolute Gasteiger partial charge is 0.344 e. The van der Waals surface area contributed by atoms with Gasteiger partial charge in [-0.05, 0) is 6.42 Å². The van der Waals surface area contributed by atoms with Crippen LogP contribution < -0.4 is 0 Å². The highest BCUT2D eigenvalue weighted by Crippen LogP contribution is 1.95. The molecule has 0 aliphatic carbocycles. The van der Waals surface area contributed by atoms with Crippen molar-refractivity contribution in [1.82, 2.24) is 0 Å². The molecule has 0 rings (SSSR count). The van der Waals surface area contributed by atoms with Crippen LogP contribution in [0.15, 0.2) is 0 Å². The highest BCUT2D eigenvalue weighted by Gasteiger charge is 2.20. The Morgan fingerprint density at radius 1 is 0.778 bits per heavy atom. The molecule has 0 spiro atoms. The van der Waals surface area contributed by atoms with Gasteiger partial charge in [0.15, 0.2) is 6.10 Å². The highest BCUT2D eigenvalue weighted by molar-refractivity contribution is 5.95. The Kier molecular flexibility index (Phi) is 8.98. The number of hydrogen-bond acceptors (Lipinski definition) is 6. The van der Waals surface area contributed by atoms with E-state index in [0.29, 0.717) is 0 Å². The van der Waals surface area contributed by atoms with Crippen LogP contribution in [0.25, 0.3) is 0 Å². The van der Waals surface area contributed by atoms with E-state index in [1.807, 2.05) is 0 Å². The zero-order valence-electron chi connectivity index (χ0n) is 8.89. The first-order valence-electron chi connectivity index (χ1n) is 4.36. The number of rotatable bonds is 6. The summed E-state index contributed by atoms with van der Waals surface area (Å²) in [5.74, 6) is -6.00. The summed E-state index contributed by atoms with van der Waals surface area (Å²) in [6, 6.07) is 0. The van der Waals surface area contributed by atoms with Crippen LogP contribution in [0.3, 0.4) is 0 Å². The molecule has 1 unspecified atom stereocenters. The zero-order valence-corrected chi connectivity index (χ0v) is 8.89. The first kappa shape index (κ1) is 18.2. The van der Waals surface area contributed by atoms with Crippen LogP contribution in [-0.2, 0) is 19.2 Å². The van der Waals surface area contributed by atoms with Crippen LogP contribution in [0.1, 0.15) is 12.8 Å². The lowest BCUT2D eigenvalue weighted by molar-refractivity contribution is -0.161. The zero-order chi connectivity index (χ0) is 14.9. The summed E-state index contributed by atoms with van der Waals surface area (Å²) in [7, 11) is 0. The van der Waals surface area contributed by atoms with Gasteiger partial charge in [-0.15, -0.1) is 0 Å². The third-order valence-electron chi connectivity index (χ3n) is 1.38. The lowest BCUT2D eigenvalue weighted by Gasteiger charge is -2.00. The van der Waals surface area contributed by atoms with Gasteiger partial charge in [0.2, 0.25) is 6.10 Å². The lowest BCUT2D eigenvalue weighted by atomic mass is 10.2. The maximum atomic E-state index is 9.87. The SMILES string of the molecule is O=C(O)C(O)C(=O)O.O=C(O)CCC(O)C(=O)O. The Labute approximate surface area is 99.7 Å². The summed E-state index contributed by atoms with van der Waals surface area (Å²) in [5, 5.41) is 48.1. The van der Waals surface area contributed by atoms with Crippen molar-refractivity contribution in [2.45, 2.75) is 25.0 Å². The van der Waals surface area contributed by atoms with Crippen LogP contribution in [0.4, 0.5) is 0 Å². The summed E-state index contributed by atoms with van der Waals surface area (Å²) >= 11 is 0. The van der Waals surface area contributed by atoms with Gasteiger partial charge in [0.05, 0.1) is 0 Å². The van der Waals surface area contributed by atoms with Crippen molar-refractivity contribution in [2.24, 2.45) is 0 Å². The molecule has 0 saturated heterocycles. The third kappa shape index (κ3) is 10.3. The van der Waals surface area contributed by atoms with Gasteiger partial charge < -0.3 is 30.6 Å². The summed E-state index contributed by atoms with van der Waals surface area (Å²) in [4.78, 5) is 38.7. The lowest BCUT2D eigenvalue weighted by Crippen LogP contribution is -2.28. The number of aliphatic carboxylic acids is 4. The van der Waals surface area contributed by atoms with E-state index in [1.54, 1.807) is 0 Å². The van der Waals surface area contributed by atoms with E-state index in [4.69, 9.17) is 30.6 Å². The molecule has 1 atom stereocenters. The van der Waals surface area contributed by atoms with Crippen LogP contribution >= 0.6 is 0 Å². The normalized spacial score (nSPS) is 11.1. The predicted octanol–water partition coefficient (Wildman–Crippen LogP) is -2.19. The van der Waals surface area contributed by atoms with E-state index >= 15 is 0 Å². The monoisotopic (exact) mass is 268 g/mol. The first-order valence-corrected chi connectivity index (χ1v) is 4.36. The molecule has 0 fully saturated rings. The maximum Gasteiger partial charge on any atom is 0.344 e. The molecule has 0 heterocycles. The van der Waals surface area contributed by atoms with Crippen LogP contribution in [-0.4, -0.2) is 66.7 Å². The molecule has 0 saturated carbocycles. The van der Waals surface area contributed by atoms with Crippen molar-refractivity contribution in [1.29, 1.82) is 0 Å². The second-order valence-corrected chi connectivity index (χ2v) is 2.87. The number of carbonyl (C=O) groups is 4. The fourth-order valence-electron chi connectivity index (χ4n) is 0.489. The first-order chi connectivity index (χ1) is 8.09. The van der Waals surface area contributed by atoms with Gasteiger partial charge in [0, 0.05) is 6.42 Å². The highest BCUT2D eigenvalue weighted by atomic mass is 16.4. The number of carboxylic acid groups (broad SMARTS) is 4. The van der Waals surface area contributed by atoms with Gasteiger partial charge in [0.1, 0.15) is 0 Å². The molecule has 10 nitrogen and oxygen atoms in total. The van der Waals surface area contributed by atoms with Crippen molar-refractivity contribution >= 4 is 23.9 Å². The van der Waals surface area contributed by atoms with Crippen molar-refractivity contribution in [2.75, 3.05) is 0 Å². The molecule has 0 aliphatic heterocycles. The van der Waals surface area contributed by atoms with Gasteiger partial charge in [-0.2, -0.15) is 0 Å². The van der Waals surface area contributed by atoms with Crippen molar-refractivity contribution in [3.8, 4) is 0 Å². The molecule has 18 heavy (non-hydrogen) atoms. The van der Waals surface area contributed by atoms with E-state index in [9.17, 15) is 19.2 Å². The second kappa shape index (κ2) is 8.90. The Balaban J connectivity index is 0. The summed E-state index contributed by atoms with van der Waals surface area (Å²) < 4.78 is 0. The van der Waals surface area contributed by atoms with Crippen LogP contribution in [0.5, 0.6) is 0 Å². The van der Waals surface area contributed by atoms with Gasteiger partial charge in [-0.3, -0.25) is 4.79 Å². The predicted molar refractivity (Wildman–Crippen MR) is 51.8 cm³/mol. The summed E-state index contributed by atoms with van der Waals surface area (Å²) in [5.41, 5.74) is 0. The number of aliphatic hydroxyl groups is 2. The molecular weight excluding hydrogens is 256 g/mol. The number of carboxylic acids is 4. The molecule has 104 valence electrons. The summed E-state index contributed by atoms with van der Waals surface area (Å²) in [6.07, 6.45) is -4.43.